The molecule has 6 nitrogen and oxygen atoms in total. The lowest BCUT2D eigenvalue weighted by atomic mass is 10.4. The van der Waals surface area contributed by atoms with E-state index in [0.717, 1.165) is 24.0 Å². The van der Waals surface area contributed by atoms with Gasteiger partial charge in [0.05, 0.1) is 5.75 Å². The lowest BCUT2D eigenvalue weighted by Gasteiger charge is -2.25. The summed E-state index contributed by atoms with van der Waals surface area (Å²) in [6.45, 7) is 2.61. The summed E-state index contributed by atoms with van der Waals surface area (Å²) in [5.41, 5.74) is 0. The van der Waals surface area contributed by atoms with Crippen LogP contribution in [-0.2, 0) is 10.0 Å². The molecule has 2 N–H and O–H groups in total. The zero-order chi connectivity index (χ0) is 14.4. The van der Waals surface area contributed by atoms with Crippen LogP contribution < -0.4 is 10.6 Å². The quantitative estimate of drug-likeness (QED) is 0.353. The molecule has 1 saturated carbocycles. The Hall–Kier alpha value is 0.260. The Labute approximate surface area is 149 Å². The predicted octanol–water partition coefficient (Wildman–Crippen LogP) is 0.558. The largest absolute Gasteiger partial charge is 0.356 e. The lowest BCUT2D eigenvalue weighted by Crippen LogP contribution is -2.44. The minimum absolute atomic E-state index is 0. The molecule has 0 unspecified atom stereocenters. The highest BCUT2D eigenvalue weighted by Gasteiger charge is 2.24. The first-order valence-corrected chi connectivity index (χ1v) is 9.88. The standard InChI is InChI=1S/C12H24N4O2S2.HI/c1-13-12(15-10-11-2-3-11)14-4-9-20(17,18)16-5-7-19-8-6-16;/h11H,2-10H2,1H3,(H2,13,14,15);1H. The summed E-state index contributed by atoms with van der Waals surface area (Å²) in [6, 6.07) is 0. The second-order valence-corrected chi connectivity index (χ2v) is 8.46. The van der Waals surface area contributed by atoms with Crippen molar-refractivity contribution in [3.05, 3.63) is 0 Å². The minimum atomic E-state index is -3.13. The second kappa shape index (κ2) is 9.41. The van der Waals surface area contributed by atoms with E-state index in [1.807, 2.05) is 11.8 Å². The molecule has 0 atom stereocenters. The van der Waals surface area contributed by atoms with Crippen molar-refractivity contribution < 1.29 is 8.42 Å². The van der Waals surface area contributed by atoms with E-state index >= 15 is 0 Å². The van der Waals surface area contributed by atoms with Gasteiger partial charge in [0.1, 0.15) is 0 Å². The van der Waals surface area contributed by atoms with Gasteiger partial charge in [-0.15, -0.1) is 24.0 Å². The average Bonchev–Trinajstić information content (AvgIpc) is 3.27. The fourth-order valence-corrected chi connectivity index (χ4v) is 4.53. The van der Waals surface area contributed by atoms with Crippen molar-refractivity contribution in [3.63, 3.8) is 0 Å². The molecule has 1 saturated heterocycles. The van der Waals surface area contributed by atoms with Crippen LogP contribution in [-0.4, -0.2) is 69.2 Å². The third kappa shape index (κ3) is 6.91. The Morgan fingerprint density at radius 3 is 2.52 bits per heavy atom. The molecule has 1 heterocycles. The molecule has 0 amide bonds. The number of hydrogen-bond acceptors (Lipinski definition) is 4. The van der Waals surface area contributed by atoms with Crippen LogP contribution in [0.3, 0.4) is 0 Å². The maximum Gasteiger partial charge on any atom is 0.215 e. The van der Waals surface area contributed by atoms with E-state index in [-0.39, 0.29) is 29.7 Å². The van der Waals surface area contributed by atoms with Crippen LogP contribution in [0.2, 0.25) is 0 Å². The molecule has 9 heteroatoms. The first kappa shape index (κ1) is 19.3. The predicted molar refractivity (Wildman–Crippen MR) is 100 cm³/mol. The number of nitrogens with one attached hydrogen (secondary N) is 2. The van der Waals surface area contributed by atoms with Crippen molar-refractivity contribution in [1.29, 1.82) is 0 Å². The van der Waals surface area contributed by atoms with E-state index in [0.29, 0.717) is 25.6 Å². The third-order valence-corrected chi connectivity index (χ3v) is 6.31. The highest BCUT2D eigenvalue weighted by Crippen LogP contribution is 2.27. The second-order valence-electron chi connectivity index (χ2n) is 5.15. The van der Waals surface area contributed by atoms with Crippen molar-refractivity contribution in [3.8, 4) is 0 Å². The Kier molecular flexibility index (Phi) is 8.65. The Bertz CT molecular complexity index is 435. The molecular formula is C12H25IN4O2S2. The lowest BCUT2D eigenvalue weighted by molar-refractivity contribution is 0.443. The van der Waals surface area contributed by atoms with Gasteiger partial charge in [0.2, 0.25) is 10.0 Å². The van der Waals surface area contributed by atoms with Crippen LogP contribution in [0.15, 0.2) is 4.99 Å². The summed E-state index contributed by atoms with van der Waals surface area (Å²) in [6.07, 6.45) is 2.57. The summed E-state index contributed by atoms with van der Waals surface area (Å²) in [4.78, 5) is 4.10. The molecule has 1 aliphatic carbocycles. The summed E-state index contributed by atoms with van der Waals surface area (Å²) < 4.78 is 25.9. The third-order valence-electron chi connectivity index (χ3n) is 3.49. The number of nitrogens with zero attached hydrogens (tertiary/aromatic N) is 2. The molecule has 0 radical (unpaired) electrons. The van der Waals surface area contributed by atoms with Crippen molar-refractivity contribution in [2.45, 2.75) is 12.8 Å². The van der Waals surface area contributed by atoms with Gasteiger partial charge in [-0.3, -0.25) is 4.99 Å². The number of aliphatic imine (C=N–C) groups is 1. The first-order chi connectivity index (χ1) is 9.62. The molecule has 21 heavy (non-hydrogen) atoms. The fourth-order valence-electron chi connectivity index (χ4n) is 2.04. The van der Waals surface area contributed by atoms with E-state index in [4.69, 9.17) is 0 Å². The molecule has 0 aromatic heterocycles. The smallest absolute Gasteiger partial charge is 0.215 e. The molecule has 0 spiro atoms. The van der Waals surface area contributed by atoms with Crippen LogP contribution in [0.25, 0.3) is 0 Å². The monoisotopic (exact) mass is 448 g/mol. The van der Waals surface area contributed by atoms with E-state index in [9.17, 15) is 8.42 Å². The maximum atomic E-state index is 12.1. The number of rotatable bonds is 6. The van der Waals surface area contributed by atoms with E-state index in [1.165, 1.54) is 12.8 Å². The van der Waals surface area contributed by atoms with Gasteiger partial charge in [-0.2, -0.15) is 11.8 Å². The number of halogens is 1. The van der Waals surface area contributed by atoms with Gasteiger partial charge in [-0.05, 0) is 18.8 Å². The fraction of sp³-hybridized carbons (Fsp3) is 0.917. The van der Waals surface area contributed by atoms with Crippen molar-refractivity contribution in [1.82, 2.24) is 14.9 Å². The normalized spacial score (nSPS) is 20.7. The topological polar surface area (TPSA) is 73.8 Å². The van der Waals surface area contributed by atoms with Gasteiger partial charge in [0.25, 0.3) is 0 Å². The van der Waals surface area contributed by atoms with Gasteiger partial charge in [-0.1, -0.05) is 0 Å². The zero-order valence-electron chi connectivity index (χ0n) is 12.4. The number of thioether (sulfide) groups is 1. The Morgan fingerprint density at radius 1 is 1.29 bits per heavy atom. The van der Waals surface area contributed by atoms with E-state index in [1.54, 1.807) is 11.4 Å². The molecule has 0 aromatic rings. The maximum absolute atomic E-state index is 12.1. The molecule has 0 aromatic carbocycles. The summed E-state index contributed by atoms with van der Waals surface area (Å²) in [5, 5.41) is 6.30. The highest BCUT2D eigenvalue weighted by atomic mass is 127. The van der Waals surface area contributed by atoms with Gasteiger partial charge in [0.15, 0.2) is 5.96 Å². The molecule has 1 aliphatic heterocycles. The Morgan fingerprint density at radius 2 is 1.95 bits per heavy atom. The molecule has 2 rings (SSSR count). The van der Waals surface area contributed by atoms with E-state index < -0.39 is 10.0 Å². The van der Waals surface area contributed by atoms with Crippen molar-refractivity contribution in [2.75, 3.05) is 50.5 Å². The number of guanidine groups is 1. The van der Waals surface area contributed by atoms with Crippen molar-refractivity contribution in [2.24, 2.45) is 10.9 Å². The molecule has 2 fully saturated rings. The van der Waals surface area contributed by atoms with Crippen molar-refractivity contribution >= 4 is 51.7 Å². The van der Waals surface area contributed by atoms with Gasteiger partial charge in [0, 0.05) is 44.7 Å². The minimum Gasteiger partial charge on any atom is -0.356 e. The highest BCUT2D eigenvalue weighted by molar-refractivity contribution is 14.0. The molecule has 124 valence electrons. The zero-order valence-corrected chi connectivity index (χ0v) is 16.3. The van der Waals surface area contributed by atoms with Crippen LogP contribution in [0.5, 0.6) is 0 Å². The molecule has 2 aliphatic rings. The Balaban J connectivity index is 0.00000220. The van der Waals surface area contributed by atoms with Crippen LogP contribution >= 0.6 is 35.7 Å². The summed E-state index contributed by atoms with van der Waals surface area (Å²) in [5.74, 6) is 3.39. The van der Waals surface area contributed by atoms with Gasteiger partial charge in [-0.25, -0.2) is 12.7 Å². The van der Waals surface area contributed by atoms with Crippen LogP contribution in [0.4, 0.5) is 0 Å². The van der Waals surface area contributed by atoms with Crippen LogP contribution in [0.1, 0.15) is 12.8 Å². The SMILES string of the molecule is CN=C(NCCS(=O)(=O)N1CCSCC1)NCC1CC1.I. The first-order valence-electron chi connectivity index (χ1n) is 7.12. The van der Waals surface area contributed by atoms with Gasteiger partial charge >= 0.3 is 0 Å². The molecular weight excluding hydrogens is 423 g/mol. The summed E-state index contributed by atoms with van der Waals surface area (Å²) >= 11 is 1.81. The van der Waals surface area contributed by atoms with E-state index in [2.05, 4.69) is 15.6 Å². The van der Waals surface area contributed by atoms with Gasteiger partial charge < -0.3 is 10.6 Å². The van der Waals surface area contributed by atoms with Crippen LogP contribution in [0, 0.1) is 5.92 Å². The summed E-state index contributed by atoms with van der Waals surface area (Å²) in [7, 11) is -1.42. The molecule has 0 bridgehead atoms. The number of hydrogen-bond donors (Lipinski definition) is 2. The number of sulfonamides is 1. The average molecular weight is 448 g/mol.